The second-order valence-corrected chi connectivity index (χ2v) is 3.71. The van der Waals surface area contributed by atoms with Gasteiger partial charge in [-0.05, 0) is 12.1 Å². The van der Waals surface area contributed by atoms with Crippen LogP contribution in [-0.4, -0.2) is 22.0 Å². The number of halogens is 2. The molecule has 0 saturated heterocycles. The highest BCUT2D eigenvalue weighted by atomic mass is 19.3. The summed E-state index contributed by atoms with van der Waals surface area (Å²) in [7, 11) is 0. The van der Waals surface area contributed by atoms with Crippen molar-refractivity contribution < 1.29 is 18.7 Å². The highest BCUT2D eigenvalue weighted by molar-refractivity contribution is 5.85. The Labute approximate surface area is 84.8 Å². The number of hydrogen-bond donors (Lipinski definition) is 1. The van der Waals surface area contributed by atoms with Gasteiger partial charge in [0.1, 0.15) is 5.69 Å². The Balaban J connectivity index is 2.17. The van der Waals surface area contributed by atoms with Gasteiger partial charge in [0, 0.05) is 24.5 Å². The van der Waals surface area contributed by atoms with E-state index >= 15 is 0 Å². The number of carboxylic acid groups (broad SMARTS) is 1. The average Bonchev–Trinajstić information content (AvgIpc) is 2.14. The van der Waals surface area contributed by atoms with Crippen LogP contribution in [0.15, 0.2) is 18.2 Å². The number of carbonyl (C=O) groups is 1. The van der Waals surface area contributed by atoms with Crippen molar-refractivity contribution in [3.8, 4) is 0 Å². The van der Waals surface area contributed by atoms with Gasteiger partial charge < -0.3 is 5.11 Å². The Kier molecular flexibility index (Phi) is 2.17. The molecule has 1 aromatic rings. The molecule has 80 valence electrons. The molecule has 1 saturated carbocycles. The summed E-state index contributed by atoms with van der Waals surface area (Å²) in [4.78, 5) is 14.4. The molecule has 1 aliphatic rings. The SMILES string of the molecule is O=C(O)c1cccc(C2CC(F)(F)C2)n1. The molecule has 0 spiro atoms. The van der Waals surface area contributed by atoms with Crippen molar-refractivity contribution in [2.24, 2.45) is 0 Å². The Hall–Kier alpha value is -1.52. The van der Waals surface area contributed by atoms with E-state index in [1.165, 1.54) is 12.1 Å². The molecule has 5 heteroatoms. The predicted octanol–water partition coefficient (Wildman–Crippen LogP) is 2.29. The van der Waals surface area contributed by atoms with Crippen LogP contribution >= 0.6 is 0 Å². The van der Waals surface area contributed by atoms with Crippen LogP contribution < -0.4 is 0 Å². The molecular weight excluding hydrogens is 204 g/mol. The maximum atomic E-state index is 12.6. The topological polar surface area (TPSA) is 50.2 Å². The lowest BCUT2D eigenvalue weighted by Gasteiger charge is -2.34. The number of nitrogens with zero attached hydrogens (tertiary/aromatic N) is 1. The first-order valence-electron chi connectivity index (χ1n) is 4.56. The van der Waals surface area contributed by atoms with Gasteiger partial charge in [0.05, 0.1) is 0 Å². The zero-order chi connectivity index (χ0) is 11.1. The fraction of sp³-hybridized carbons (Fsp3) is 0.400. The van der Waals surface area contributed by atoms with Gasteiger partial charge in [-0.2, -0.15) is 0 Å². The average molecular weight is 213 g/mol. The van der Waals surface area contributed by atoms with Gasteiger partial charge in [0.15, 0.2) is 0 Å². The molecule has 1 heterocycles. The standard InChI is InChI=1S/C10H9F2NO2/c11-10(12)4-6(5-10)7-2-1-3-8(13-7)9(14)15/h1-3,6H,4-5H2,(H,14,15). The van der Waals surface area contributed by atoms with Gasteiger partial charge in [0.25, 0.3) is 0 Å². The molecule has 0 aliphatic heterocycles. The van der Waals surface area contributed by atoms with E-state index in [4.69, 9.17) is 5.11 Å². The lowest BCUT2D eigenvalue weighted by Crippen LogP contribution is -2.34. The van der Waals surface area contributed by atoms with Crippen LogP contribution in [-0.2, 0) is 0 Å². The van der Waals surface area contributed by atoms with Crippen LogP contribution in [0.4, 0.5) is 8.78 Å². The second-order valence-electron chi connectivity index (χ2n) is 3.71. The summed E-state index contributed by atoms with van der Waals surface area (Å²) in [6.45, 7) is 0. The zero-order valence-electron chi connectivity index (χ0n) is 7.78. The number of aromatic carboxylic acids is 1. The second kappa shape index (κ2) is 3.25. The van der Waals surface area contributed by atoms with E-state index < -0.39 is 11.9 Å². The number of alkyl halides is 2. The molecule has 0 amide bonds. The van der Waals surface area contributed by atoms with E-state index in [-0.39, 0.29) is 24.5 Å². The molecule has 1 aliphatic carbocycles. The van der Waals surface area contributed by atoms with Gasteiger partial charge in [-0.25, -0.2) is 18.6 Å². The van der Waals surface area contributed by atoms with Crippen LogP contribution in [0.3, 0.4) is 0 Å². The predicted molar refractivity (Wildman–Crippen MR) is 48.1 cm³/mol. The quantitative estimate of drug-likeness (QED) is 0.819. The molecular formula is C10H9F2NO2. The normalized spacial score (nSPS) is 19.6. The fourth-order valence-electron chi connectivity index (χ4n) is 1.67. The first-order valence-corrected chi connectivity index (χ1v) is 4.56. The summed E-state index contributed by atoms with van der Waals surface area (Å²) in [6.07, 6.45) is -0.466. The molecule has 1 N–H and O–H groups in total. The summed E-state index contributed by atoms with van der Waals surface area (Å²) >= 11 is 0. The number of hydrogen-bond acceptors (Lipinski definition) is 2. The third-order valence-electron chi connectivity index (χ3n) is 2.50. The fourth-order valence-corrected chi connectivity index (χ4v) is 1.67. The Morgan fingerprint density at radius 1 is 1.47 bits per heavy atom. The minimum atomic E-state index is -2.61. The molecule has 1 aromatic heterocycles. The molecule has 0 atom stereocenters. The molecule has 2 rings (SSSR count). The lowest BCUT2D eigenvalue weighted by atomic mass is 9.79. The minimum Gasteiger partial charge on any atom is -0.477 e. The maximum absolute atomic E-state index is 12.6. The van der Waals surface area contributed by atoms with E-state index in [9.17, 15) is 13.6 Å². The van der Waals surface area contributed by atoms with Crippen molar-refractivity contribution in [3.63, 3.8) is 0 Å². The number of pyridine rings is 1. The minimum absolute atomic E-state index is 0.0947. The monoisotopic (exact) mass is 213 g/mol. The molecule has 3 nitrogen and oxygen atoms in total. The molecule has 0 unspecified atom stereocenters. The van der Waals surface area contributed by atoms with Gasteiger partial charge >= 0.3 is 5.97 Å². The molecule has 0 radical (unpaired) electrons. The highest BCUT2D eigenvalue weighted by Crippen LogP contribution is 2.47. The van der Waals surface area contributed by atoms with E-state index in [2.05, 4.69) is 4.98 Å². The Bertz CT molecular complexity index is 398. The highest BCUT2D eigenvalue weighted by Gasteiger charge is 2.46. The van der Waals surface area contributed by atoms with Crippen molar-refractivity contribution in [1.29, 1.82) is 0 Å². The van der Waals surface area contributed by atoms with E-state index in [1.54, 1.807) is 6.07 Å². The lowest BCUT2D eigenvalue weighted by molar-refractivity contribution is -0.0876. The van der Waals surface area contributed by atoms with Crippen LogP contribution in [0.25, 0.3) is 0 Å². The van der Waals surface area contributed by atoms with Crippen molar-refractivity contribution >= 4 is 5.97 Å². The third kappa shape index (κ3) is 1.95. The van der Waals surface area contributed by atoms with Crippen LogP contribution in [0.5, 0.6) is 0 Å². The van der Waals surface area contributed by atoms with Gasteiger partial charge in [-0.1, -0.05) is 6.07 Å². The third-order valence-corrected chi connectivity index (χ3v) is 2.50. The summed E-state index contributed by atoms with van der Waals surface area (Å²) in [5.74, 6) is -4.05. The summed E-state index contributed by atoms with van der Waals surface area (Å²) < 4.78 is 25.2. The van der Waals surface area contributed by atoms with E-state index in [0.717, 1.165) is 0 Å². The molecule has 0 aromatic carbocycles. The van der Waals surface area contributed by atoms with Crippen LogP contribution in [0.1, 0.15) is 34.9 Å². The Morgan fingerprint density at radius 3 is 2.67 bits per heavy atom. The summed E-state index contributed by atoms with van der Waals surface area (Å²) in [5, 5.41) is 8.67. The van der Waals surface area contributed by atoms with Crippen molar-refractivity contribution in [2.75, 3.05) is 0 Å². The van der Waals surface area contributed by atoms with E-state index in [0.29, 0.717) is 5.69 Å². The molecule has 1 fully saturated rings. The van der Waals surface area contributed by atoms with Crippen LogP contribution in [0, 0.1) is 0 Å². The smallest absolute Gasteiger partial charge is 0.354 e. The molecule has 0 bridgehead atoms. The number of rotatable bonds is 2. The number of aromatic nitrogens is 1. The van der Waals surface area contributed by atoms with Gasteiger partial charge in [0.2, 0.25) is 5.92 Å². The summed E-state index contributed by atoms with van der Waals surface area (Å²) in [6, 6.07) is 4.47. The van der Waals surface area contributed by atoms with Crippen LogP contribution in [0.2, 0.25) is 0 Å². The maximum Gasteiger partial charge on any atom is 0.354 e. The van der Waals surface area contributed by atoms with E-state index in [1.807, 2.05) is 0 Å². The van der Waals surface area contributed by atoms with Crippen molar-refractivity contribution in [1.82, 2.24) is 4.98 Å². The Morgan fingerprint density at radius 2 is 2.13 bits per heavy atom. The summed E-state index contributed by atoms with van der Waals surface area (Å²) in [5.41, 5.74) is 0.351. The largest absolute Gasteiger partial charge is 0.477 e. The zero-order valence-corrected chi connectivity index (χ0v) is 7.78. The first-order chi connectivity index (χ1) is 6.98. The van der Waals surface area contributed by atoms with Crippen molar-refractivity contribution in [3.05, 3.63) is 29.6 Å². The van der Waals surface area contributed by atoms with Crippen molar-refractivity contribution in [2.45, 2.75) is 24.7 Å². The van der Waals surface area contributed by atoms with Gasteiger partial charge in [-0.3, -0.25) is 0 Å². The van der Waals surface area contributed by atoms with Gasteiger partial charge in [-0.15, -0.1) is 0 Å². The molecule has 15 heavy (non-hydrogen) atoms. The number of carboxylic acids is 1. The first kappa shape index (κ1) is 10.0.